The third-order valence-corrected chi connectivity index (χ3v) is 1.77. The van der Waals surface area contributed by atoms with Gasteiger partial charge in [0.2, 0.25) is 0 Å². The summed E-state index contributed by atoms with van der Waals surface area (Å²) in [6.07, 6.45) is 0. The molecule has 2 unspecified atom stereocenters. The SMILES string of the molecule is NCO[P+](=O)O[P+](=O)O. The Morgan fingerprint density at radius 2 is 2.11 bits per heavy atom. The Labute approximate surface area is 52.9 Å². The predicted octanol–water partition coefficient (Wildman–Crippen LogP) is 0.243. The van der Waals surface area contributed by atoms with E-state index in [4.69, 9.17) is 10.6 Å². The van der Waals surface area contributed by atoms with Crippen LogP contribution >= 0.6 is 16.5 Å². The van der Waals surface area contributed by atoms with Crippen LogP contribution in [-0.2, 0) is 18.0 Å². The van der Waals surface area contributed by atoms with Crippen LogP contribution in [-0.4, -0.2) is 11.6 Å². The van der Waals surface area contributed by atoms with Gasteiger partial charge in [-0.15, -0.1) is 9.42 Å². The van der Waals surface area contributed by atoms with E-state index >= 15 is 0 Å². The van der Waals surface area contributed by atoms with Crippen LogP contribution in [0.15, 0.2) is 0 Å². The van der Waals surface area contributed by atoms with Gasteiger partial charge in [0, 0.05) is 9.13 Å². The maximum atomic E-state index is 10.1. The Hall–Kier alpha value is 0.0400. The molecule has 0 saturated carbocycles. The first-order valence-electron chi connectivity index (χ1n) is 1.81. The predicted molar refractivity (Wildman–Crippen MR) is 28.7 cm³/mol. The molecule has 0 aliphatic carbocycles. The van der Waals surface area contributed by atoms with E-state index in [0.29, 0.717) is 0 Å². The number of rotatable bonds is 4. The van der Waals surface area contributed by atoms with Gasteiger partial charge in [0.1, 0.15) is 0 Å². The number of hydrogen-bond donors (Lipinski definition) is 2. The average molecular weight is 173 g/mol. The lowest BCUT2D eigenvalue weighted by atomic mass is 11.4. The van der Waals surface area contributed by atoms with Gasteiger partial charge in [-0.25, -0.2) is 0 Å². The summed E-state index contributed by atoms with van der Waals surface area (Å²) >= 11 is 0. The molecule has 0 aromatic heterocycles. The summed E-state index contributed by atoms with van der Waals surface area (Å²) in [6, 6.07) is 0. The fourth-order valence-corrected chi connectivity index (χ4v) is 0.908. The van der Waals surface area contributed by atoms with Crippen LogP contribution in [0.4, 0.5) is 0 Å². The molecule has 0 aromatic carbocycles. The van der Waals surface area contributed by atoms with Crippen molar-refractivity contribution in [2.45, 2.75) is 0 Å². The van der Waals surface area contributed by atoms with Gasteiger partial charge >= 0.3 is 16.5 Å². The molecule has 3 N–H and O–H groups in total. The topological polar surface area (TPSA) is 98.9 Å². The summed E-state index contributed by atoms with van der Waals surface area (Å²) in [5.74, 6) is 0. The summed E-state index contributed by atoms with van der Waals surface area (Å²) in [4.78, 5) is 7.93. The van der Waals surface area contributed by atoms with E-state index in [1.807, 2.05) is 0 Å². The summed E-state index contributed by atoms with van der Waals surface area (Å²) in [6.45, 7) is -0.307. The monoisotopic (exact) mass is 173 g/mol. The number of hydrogen-bond acceptors (Lipinski definition) is 5. The Morgan fingerprint density at radius 3 is 2.44 bits per heavy atom. The molecule has 0 saturated heterocycles. The Balaban J connectivity index is 3.39. The minimum absolute atomic E-state index is 0.307. The molecule has 0 amide bonds. The molecule has 0 aliphatic heterocycles. The van der Waals surface area contributed by atoms with Crippen molar-refractivity contribution < 1.29 is 22.9 Å². The van der Waals surface area contributed by atoms with Gasteiger partial charge < -0.3 is 5.73 Å². The first kappa shape index (κ1) is 9.04. The van der Waals surface area contributed by atoms with E-state index in [2.05, 4.69) is 8.83 Å². The van der Waals surface area contributed by atoms with Gasteiger partial charge in [-0.3, -0.25) is 0 Å². The lowest BCUT2D eigenvalue weighted by molar-refractivity contribution is 0.287. The maximum Gasteiger partial charge on any atom is 0.749 e. The van der Waals surface area contributed by atoms with Gasteiger partial charge in [0.25, 0.3) is 0 Å². The first-order valence-corrected chi connectivity index (χ1v) is 4.04. The minimum atomic E-state index is -2.87. The molecule has 0 radical (unpaired) electrons. The highest BCUT2D eigenvalue weighted by molar-refractivity contribution is 7.47. The van der Waals surface area contributed by atoms with Crippen molar-refractivity contribution in [2.24, 2.45) is 5.73 Å². The molecule has 9 heavy (non-hydrogen) atoms. The largest absolute Gasteiger partial charge is 0.749 e. The molecule has 0 aromatic rings. The fourth-order valence-electron chi connectivity index (χ4n) is 0.141. The van der Waals surface area contributed by atoms with Crippen LogP contribution in [0.5, 0.6) is 0 Å². The van der Waals surface area contributed by atoms with Crippen molar-refractivity contribution in [3.63, 3.8) is 0 Å². The zero-order valence-electron chi connectivity index (χ0n) is 4.26. The van der Waals surface area contributed by atoms with Gasteiger partial charge in [-0.05, 0) is 0 Å². The molecule has 0 heterocycles. The lowest BCUT2D eigenvalue weighted by Crippen LogP contribution is -1.98. The van der Waals surface area contributed by atoms with E-state index in [-0.39, 0.29) is 6.73 Å². The Bertz CT molecular complexity index is 124. The highest BCUT2D eigenvalue weighted by atomic mass is 31.2. The maximum absolute atomic E-state index is 10.1. The number of nitrogens with two attached hydrogens (primary N) is 1. The van der Waals surface area contributed by atoms with E-state index in [0.717, 1.165) is 0 Å². The quantitative estimate of drug-likeness (QED) is 0.466. The van der Waals surface area contributed by atoms with E-state index in [1.54, 1.807) is 0 Å². The molecule has 0 spiro atoms. The van der Waals surface area contributed by atoms with Crippen molar-refractivity contribution >= 4 is 16.5 Å². The minimum Gasteiger partial charge on any atom is -0.304 e. The average Bonchev–Trinajstić information content (AvgIpc) is 1.63. The third kappa shape index (κ3) is 5.92. The van der Waals surface area contributed by atoms with Crippen LogP contribution in [0.25, 0.3) is 0 Å². The van der Waals surface area contributed by atoms with Crippen molar-refractivity contribution in [3.8, 4) is 0 Å². The molecule has 0 bridgehead atoms. The van der Waals surface area contributed by atoms with Crippen molar-refractivity contribution in [3.05, 3.63) is 0 Å². The van der Waals surface area contributed by atoms with E-state index in [9.17, 15) is 9.13 Å². The lowest BCUT2D eigenvalue weighted by Gasteiger charge is -1.71. The highest BCUT2D eigenvalue weighted by Crippen LogP contribution is 2.35. The van der Waals surface area contributed by atoms with Crippen molar-refractivity contribution in [1.29, 1.82) is 0 Å². The molecule has 0 aliphatic rings. The molecular formula is CH5NO5P2+2. The van der Waals surface area contributed by atoms with Gasteiger partial charge in [0.15, 0.2) is 11.0 Å². The summed E-state index contributed by atoms with van der Waals surface area (Å²) in [5, 5.41) is 0. The summed E-state index contributed by atoms with van der Waals surface area (Å²) < 4.78 is 27.7. The Kier molecular flexibility index (Phi) is 4.90. The normalized spacial score (nSPS) is 13.1. The molecule has 0 rings (SSSR count). The highest BCUT2D eigenvalue weighted by Gasteiger charge is 2.35. The van der Waals surface area contributed by atoms with Gasteiger partial charge in [-0.1, -0.05) is 0 Å². The molecule has 2 atom stereocenters. The van der Waals surface area contributed by atoms with Crippen LogP contribution in [0.3, 0.4) is 0 Å². The van der Waals surface area contributed by atoms with Crippen LogP contribution in [0.1, 0.15) is 0 Å². The smallest absolute Gasteiger partial charge is 0.304 e. The second-order valence-electron chi connectivity index (χ2n) is 0.839. The third-order valence-electron chi connectivity index (χ3n) is 0.316. The van der Waals surface area contributed by atoms with E-state index < -0.39 is 16.5 Å². The van der Waals surface area contributed by atoms with Crippen LogP contribution in [0.2, 0.25) is 0 Å². The molecule has 6 nitrogen and oxygen atoms in total. The zero-order valence-corrected chi connectivity index (χ0v) is 6.05. The van der Waals surface area contributed by atoms with Crippen molar-refractivity contribution in [2.75, 3.05) is 6.73 Å². The van der Waals surface area contributed by atoms with Crippen LogP contribution < -0.4 is 5.73 Å². The second kappa shape index (κ2) is 4.88. The first-order chi connectivity index (χ1) is 4.16. The fraction of sp³-hybridized carbons (Fsp3) is 1.00. The summed E-state index contributed by atoms with van der Waals surface area (Å²) in [5.41, 5.74) is 4.74. The molecule has 52 valence electrons. The standard InChI is InChI=1S/CH4NO5P2/c2-1-6-9(5)7-8(3)4/h1-2H2/q+1/p+1. The molecular weight excluding hydrogens is 168 g/mol. The van der Waals surface area contributed by atoms with Crippen molar-refractivity contribution in [1.82, 2.24) is 0 Å². The second-order valence-corrected chi connectivity index (χ2v) is 2.67. The summed E-state index contributed by atoms with van der Waals surface area (Å²) in [7, 11) is -5.39. The van der Waals surface area contributed by atoms with Gasteiger partial charge in [0.05, 0.1) is 0 Å². The Morgan fingerprint density at radius 1 is 1.56 bits per heavy atom. The molecule has 8 heteroatoms. The molecule has 0 fully saturated rings. The van der Waals surface area contributed by atoms with Crippen LogP contribution in [0, 0.1) is 0 Å². The van der Waals surface area contributed by atoms with Gasteiger partial charge in [-0.2, -0.15) is 0 Å². The zero-order chi connectivity index (χ0) is 7.28. The van der Waals surface area contributed by atoms with E-state index in [1.165, 1.54) is 0 Å².